The number of nitrogens with one attached hydrogen (secondary N) is 1. The van der Waals surface area contributed by atoms with Gasteiger partial charge in [-0.25, -0.2) is 0 Å². The van der Waals surface area contributed by atoms with Crippen LogP contribution in [-0.2, 0) is 11.2 Å². The van der Waals surface area contributed by atoms with Gasteiger partial charge >= 0.3 is 6.18 Å². The molecule has 0 fully saturated rings. The Bertz CT molecular complexity index is 384. The smallest absolute Gasteiger partial charge is 0.352 e. The van der Waals surface area contributed by atoms with Crippen LogP contribution in [0.15, 0.2) is 42.5 Å². The topological polar surface area (TPSA) is 29.1 Å². The van der Waals surface area contributed by atoms with Gasteiger partial charge in [0.2, 0.25) is 5.91 Å². The van der Waals surface area contributed by atoms with Crippen molar-refractivity contribution >= 4 is 5.91 Å². The highest BCUT2D eigenvalue weighted by Gasteiger charge is 2.21. The van der Waals surface area contributed by atoms with Crippen LogP contribution in [0.2, 0.25) is 0 Å². The van der Waals surface area contributed by atoms with Crippen molar-refractivity contribution in [2.75, 3.05) is 6.54 Å². The van der Waals surface area contributed by atoms with Gasteiger partial charge in [0.1, 0.15) is 0 Å². The van der Waals surface area contributed by atoms with E-state index in [2.05, 4.69) is 5.32 Å². The lowest BCUT2D eigenvalue weighted by molar-refractivity contribution is -0.120. The van der Waals surface area contributed by atoms with Gasteiger partial charge < -0.3 is 5.32 Å². The molecule has 1 aromatic rings. The maximum atomic E-state index is 11.7. The minimum Gasteiger partial charge on any atom is -0.352 e. The van der Waals surface area contributed by atoms with Gasteiger partial charge in [0.15, 0.2) is 0 Å². The third-order valence-corrected chi connectivity index (χ3v) is 1.93. The van der Waals surface area contributed by atoms with E-state index < -0.39 is 6.18 Å². The number of rotatable bonds is 4. The van der Waals surface area contributed by atoms with Gasteiger partial charge in [-0.05, 0) is 5.56 Å². The Balaban J connectivity index is 2.30. The molecule has 0 aromatic heterocycles. The number of carbonyl (C=O) groups excluding carboxylic acids is 1. The summed E-state index contributed by atoms with van der Waals surface area (Å²) in [6.45, 7) is -0.120. The Kier molecular flexibility index (Phi) is 4.75. The molecule has 1 aromatic carbocycles. The van der Waals surface area contributed by atoms with Crippen LogP contribution in [0.25, 0.3) is 0 Å². The summed E-state index contributed by atoms with van der Waals surface area (Å²) in [4.78, 5) is 11.3. The molecule has 92 valence electrons. The number of carbonyl (C=O) groups is 1. The largest absolute Gasteiger partial charge is 0.409 e. The summed E-state index contributed by atoms with van der Waals surface area (Å²) in [6.07, 6.45) is -3.18. The van der Waals surface area contributed by atoms with E-state index in [0.717, 1.165) is 11.6 Å². The van der Waals surface area contributed by atoms with Crippen LogP contribution >= 0.6 is 0 Å². The number of halogens is 3. The van der Waals surface area contributed by atoms with E-state index in [-0.39, 0.29) is 24.9 Å². The number of hydrogen-bond acceptors (Lipinski definition) is 1. The summed E-state index contributed by atoms with van der Waals surface area (Å²) >= 11 is 0. The summed E-state index contributed by atoms with van der Waals surface area (Å²) in [5, 5.41) is 2.38. The maximum absolute atomic E-state index is 11.7. The molecule has 0 saturated carbocycles. The van der Waals surface area contributed by atoms with Gasteiger partial charge in [0.05, 0.1) is 6.42 Å². The second-order valence-electron chi connectivity index (χ2n) is 3.41. The lowest BCUT2D eigenvalue weighted by Gasteiger charge is -2.02. The second kappa shape index (κ2) is 6.08. The second-order valence-corrected chi connectivity index (χ2v) is 3.41. The van der Waals surface area contributed by atoms with Crippen LogP contribution in [-0.4, -0.2) is 18.6 Å². The maximum Gasteiger partial charge on any atom is 0.409 e. The summed E-state index contributed by atoms with van der Waals surface area (Å²) in [5.41, 5.74) is 0.824. The lowest BCUT2D eigenvalue weighted by Crippen LogP contribution is -2.25. The van der Waals surface area contributed by atoms with Crippen LogP contribution < -0.4 is 5.32 Å². The molecule has 2 nitrogen and oxygen atoms in total. The van der Waals surface area contributed by atoms with Gasteiger partial charge in [-0.1, -0.05) is 36.4 Å². The quantitative estimate of drug-likeness (QED) is 0.809. The number of amides is 1. The highest BCUT2D eigenvalue weighted by Crippen LogP contribution is 2.15. The average molecular weight is 243 g/mol. The number of allylic oxidation sites excluding steroid dienone is 1. The van der Waals surface area contributed by atoms with E-state index in [1.807, 2.05) is 6.07 Å². The SMILES string of the molecule is O=C(Cc1ccccc1)NC/C=C/C(F)(F)F. The van der Waals surface area contributed by atoms with Crippen molar-refractivity contribution in [2.45, 2.75) is 12.6 Å². The van der Waals surface area contributed by atoms with E-state index in [0.29, 0.717) is 0 Å². The normalized spacial score (nSPS) is 11.7. The van der Waals surface area contributed by atoms with Crippen molar-refractivity contribution in [1.82, 2.24) is 5.32 Å². The van der Waals surface area contributed by atoms with Gasteiger partial charge in [-0.3, -0.25) is 4.79 Å². The minimum absolute atomic E-state index is 0.107. The molecule has 1 amide bonds. The Morgan fingerprint density at radius 1 is 1.24 bits per heavy atom. The molecular weight excluding hydrogens is 231 g/mol. The molecule has 1 rings (SSSR count). The Hall–Kier alpha value is -1.78. The summed E-state index contributed by atoms with van der Waals surface area (Å²) in [5.74, 6) is -0.303. The molecule has 0 radical (unpaired) electrons. The van der Waals surface area contributed by atoms with Crippen LogP contribution in [0.4, 0.5) is 13.2 Å². The van der Waals surface area contributed by atoms with Crippen molar-refractivity contribution in [3.05, 3.63) is 48.0 Å². The zero-order chi connectivity index (χ0) is 12.7. The molecule has 5 heteroatoms. The van der Waals surface area contributed by atoms with Crippen molar-refractivity contribution in [3.8, 4) is 0 Å². The lowest BCUT2D eigenvalue weighted by atomic mass is 10.1. The summed E-state index contributed by atoms with van der Waals surface area (Å²) in [7, 11) is 0. The van der Waals surface area contributed by atoms with Crippen LogP contribution in [0, 0.1) is 0 Å². The van der Waals surface area contributed by atoms with Crippen LogP contribution in [0.3, 0.4) is 0 Å². The molecule has 0 atom stereocenters. The van der Waals surface area contributed by atoms with E-state index >= 15 is 0 Å². The zero-order valence-electron chi connectivity index (χ0n) is 9.00. The number of hydrogen-bond donors (Lipinski definition) is 1. The fraction of sp³-hybridized carbons (Fsp3) is 0.250. The van der Waals surface area contributed by atoms with E-state index in [4.69, 9.17) is 0 Å². The first-order chi connectivity index (χ1) is 7.97. The fourth-order valence-corrected chi connectivity index (χ4v) is 1.21. The Labute approximate surface area is 97.1 Å². The Morgan fingerprint density at radius 3 is 2.47 bits per heavy atom. The van der Waals surface area contributed by atoms with Crippen LogP contribution in [0.5, 0.6) is 0 Å². The number of alkyl halides is 3. The first kappa shape index (κ1) is 13.3. The Morgan fingerprint density at radius 2 is 1.88 bits per heavy atom. The van der Waals surface area contributed by atoms with Crippen molar-refractivity contribution in [1.29, 1.82) is 0 Å². The van der Waals surface area contributed by atoms with Gasteiger partial charge in [-0.15, -0.1) is 0 Å². The molecule has 0 heterocycles. The standard InChI is InChI=1S/C12H12F3NO/c13-12(14,15)7-4-8-16-11(17)9-10-5-2-1-3-6-10/h1-7H,8-9H2,(H,16,17)/b7-4+. The highest BCUT2D eigenvalue weighted by molar-refractivity contribution is 5.78. The minimum atomic E-state index is -4.33. The van der Waals surface area contributed by atoms with E-state index in [1.54, 1.807) is 24.3 Å². The molecular formula is C12H12F3NO. The van der Waals surface area contributed by atoms with Gasteiger partial charge in [-0.2, -0.15) is 13.2 Å². The van der Waals surface area contributed by atoms with E-state index in [1.165, 1.54) is 0 Å². The molecule has 17 heavy (non-hydrogen) atoms. The highest BCUT2D eigenvalue weighted by atomic mass is 19.4. The zero-order valence-corrected chi connectivity index (χ0v) is 9.00. The summed E-state index contributed by atoms with van der Waals surface area (Å²) < 4.78 is 35.2. The third kappa shape index (κ3) is 6.40. The van der Waals surface area contributed by atoms with E-state index in [9.17, 15) is 18.0 Å². The molecule has 0 aliphatic heterocycles. The van der Waals surface area contributed by atoms with Crippen molar-refractivity contribution in [2.24, 2.45) is 0 Å². The predicted molar refractivity (Wildman–Crippen MR) is 58.4 cm³/mol. The summed E-state index contributed by atoms with van der Waals surface area (Å²) in [6, 6.07) is 8.99. The molecule has 0 aliphatic carbocycles. The van der Waals surface area contributed by atoms with Crippen LogP contribution in [0.1, 0.15) is 5.56 Å². The van der Waals surface area contributed by atoms with Gasteiger partial charge in [0, 0.05) is 12.6 Å². The van der Waals surface area contributed by atoms with Crippen molar-refractivity contribution in [3.63, 3.8) is 0 Å². The predicted octanol–water partition coefficient (Wildman–Crippen LogP) is 2.46. The third-order valence-electron chi connectivity index (χ3n) is 1.93. The molecule has 1 N–H and O–H groups in total. The molecule has 0 aliphatic rings. The van der Waals surface area contributed by atoms with Gasteiger partial charge in [0.25, 0.3) is 0 Å². The first-order valence-electron chi connectivity index (χ1n) is 5.02. The average Bonchev–Trinajstić information content (AvgIpc) is 2.25. The number of benzene rings is 1. The molecule has 0 saturated heterocycles. The monoisotopic (exact) mass is 243 g/mol. The fourth-order valence-electron chi connectivity index (χ4n) is 1.21. The molecule has 0 unspecified atom stereocenters. The van der Waals surface area contributed by atoms with Crippen molar-refractivity contribution < 1.29 is 18.0 Å². The first-order valence-corrected chi connectivity index (χ1v) is 5.02. The molecule has 0 spiro atoms. The molecule has 0 bridgehead atoms.